The number of hydrogen-bond acceptors (Lipinski definition) is 6. The van der Waals surface area contributed by atoms with Gasteiger partial charge in [-0.3, -0.25) is 4.79 Å². The summed E-state index contributed by atoms with van der Waals surface area (Å²) in [7, 11) is 0. The van der Waals surface area contributed by atoms with E-state index in [-0.39, 0.29) is 0 Å². The fourth-order valence-corrected chi connectivity index (χ4v) is 2.19. The van der Waals surface area contributed by atoms with Crippen LogP contribution < -0.4 is 5.32 Å². The highest BCUT2D eigenvalue weighted by Crippen LogP contribution is 2.12. The second-order valence-corrected chi connectivity index (χ2v) is 5.70. The average molecular weight is 351 g/mol. The van der Waals surface area contributed by atoms with Gasteiger partial charge in [-0.2, -0.15) is 0 Å². The van der Waals surface area contributed by atoms with Crippen molar-refractivity contribution in [2.75, 3.05) is 5.32 Å². The second kappa shape index (κ2) is 7.56. The predicted molar refractivity (Wildman–Crippen MR) is 93.8 cm³/mol. The highest BCUT2D eigenvalue weighted by Gasteiger charge is 2.19. The Kier molecular flexibility index (Phi) is 5.02. The molecule has 3 rings (SSSR count). The van der Waals surface area contributed by atoms with E-state index in [9.17, 15) is 9.59 Å². The molecule has 0 saturated carbocycles. The number of esters is 1. The van der Waals surface area contributed by atoms with Crippen molar-refractivity contribution in [2.24, 2.45) is 0 Å². The van der Waals surface area contributed by atoms with Crippen LogP contribution in [0.3, 0.4) is 0 Å². The molecule has 1 unspecified atom stereocenters. The first-order valence-corrected chi connectivity index (χ1v) is 7.95. The fraction of sp³-hybridized carbons (Fsp3) is 0.167. The standard InChI is InChI=1S/C18H17N5O3/c1-12-3-7-15(8-4-12)20-17(24)13(2)26-18(25)14-5-9-16(10-6-14)23-11-19-21-22-23/h3-11,13H,1-2H3,(H,20,24). The van der Waals surface area contributed by atoms with Crippen LogP contribution in [0.1, 0.15) is 22.8 Å². The van der Waals surface area contributed by atoms with Gasteiger partial charge >= 0.3 is 5.97 Å². The maximum atomic E-state index is 12.2. The summed E-state index contributed by atoms with van der Waals surface area (Å²) < 4.78 is 6.69. The van der Waals surface area contributed by atoms with E-state index in [2.05, 4.69) is 20.8 Å². The van der Waals surface area contributed by atoms with E-state index in [1.54, 1.807) is 36.4 Å². The molecule has 8 nitrogen and oxygen atoms in total. The number of tetrazole rings is 1. The number of rotatable bonds is 5. The number of ether oxygens (including phenoxy) is 1. The van der Waals surface area contributed by atoms with Gasteiger partial charge in [0.1, 0.15) is 6.33 Å². The third-order valence-corrected chi connectivity index (χ3v) is 3.69. The largest absolute Gasteiger partial charge is 0.449 e. The number of amides is 1. The Hall–Kier alpha value is -3.55. The Morgan fingerprint density at radius 1 is 1.08 bits per heavy atom. The minimum atomic E-state index is -0.928. The number of aromatic nitrogens is 4. The monoisotopic (exact) mass is 351 g/mol. The number of carbonyl (C=O) groups is 2. The van der Waals surface area contributed by atoms with Gasteiger partial charge in [0.2, 0.25) is 0 Å². The lowest BCUT2D eigenvalue weighted by atomic mass is 10.2. The van der Waals surface area contributed by atoms with Crippen molar-refractivity contribution in [3.63, 3.8) is 0 Å². The lowest BCUT2D eigenvalue weighted by Crippen LogP contribution is -2.30. The molecule has 0 fully saturated rings. The van der Waals surface area contributed by atoms with Crippen molar-refractivity contribution < 1.29 is 14.3 Å². The van der Waals surface area contributed by atoms with E-state index in [0.29, 0.717) is 16.9 Å². The lowest BCUT2D eigenvalue weighted by molar-refractivity contribution is -0.123. The summed E-state index contributed by atoms with van der Waals surface area (Å²) in [5.41, 5.74) is 2.77. The van der Waals surface area contributed by atoms with Crippen molar-refractivity contribution >= 4 is 17.6 Å². The van der Waals surface area contributed by atoms with E-state index in [1.165, 1.54) is 17.9 Å². The van der Waals surface area contributed by atoms with Crippen LogP contribution in [-0.4, -0.2) is 38.2 Å². The summed E-state index contributed by atoms with van der Waals surface area (Å²) in [6, 6.07) is 13.9. The lowest BCUT2D eigenvalue weighted by Gasteiger charge is -2.14. The van der Waals surface area contributed by atoms with Gasteiger partial charge in [-0.05, 0) is 60.7 Å². The van der Waals surface area contributed by atoms with Crippen molar-refractivity contribution in [1.29, 1.82) is 0 Å². The van der Waals surface area contributed by atoms with Crippen LogP contribution >= 0.6 is 0 Å². The zero-order valence-corrected chi connectivity index (χ0v) is 14.3. The molecule has 0 aliphatic heterocycles. The van der Waals surface area contributed by atoms with Gasteiger partial charge in [0.05, 0.1) is 11.3 Å². The summed E-state index contributed by atoms with van der Waals surface area (Å²) in [6.07, 6.45) is 0.521. The molecule has 1 heterocycles. The number of nitrogens with one attached hydrogen (secondary N) is 1. The van der Waals surface area contributed by atoms with E-state index < -0.39 is 18.0 Å². The molecule has 0 aliphatic rings. The molecule has 0 bridgehead atoms. The van der Waals surface area contributed by atoms with E-state index in [0.717, 1.165) is 5.56 Å². The van der Waals surface area contributed by atoms with Crippen LogP contribution in [0.25, 0.3) is 5.69 Å². The molecule has 1 aromatic heterocycles. The number of carbonyl (C=O) groups excluding carboxylic acids is 2. The molecule has 1 amide bonds. The summed E-state index contributed by atoms with van der Waals surface area (Å²) in [5, 5.41) is 13.6. The first kappa shape index (κ1) is 17.3. The number of hydrogen-bond donors (Lipinski definition) is 1. The average Bonchev–Trinajstić information content (AvgIpc) is 3.18. The summed E-state index contributed by atoms with van der Waals surface area (Å²) in [5.74, 6) is -0.979. The molecule has 0 spiro atoms. The van der Waals surface area contributed by atoms with Crippen LogP contribution in [0.15, 0.2) is 54.9 Å². The van der Waals surface area contributed by atoms with Gasteiger partial charge in [-0.25, -0.2) is 9.48 Å². The van der Waals surface area contributed by atoms with Crippen LogP contribution in [0.2, 0.25) is 0 Å². The molecule has 1 atom stereocenters. The van der Waals surface area contributed by atoms with Crippen molar-refractivity contribution in [2.45, 2.75) is 20.0 Å². The third kappa shape index (κ3) is 4.10. The molecule has 26 heavy (non-hydrogen) atoms. The highest BCUT2D eigenvalue weighted by atomic mass is 16.5. The van der Waals surface area contributed by atoms with Gasteiger partial charge in [0, 0.05) is 5.69 Å². The Morgan fingerprint density at radius 2 is 1.77 bits per heavy atom. The second-order valence-electron chi connectivity index (χ2n) is 5.70. The molecule has 8 heteroatoms. The number of benzene rings is 2. The van der Waals surface area contributed by atoms with Gasteiger partial charge in [0.25, 0.3) is 5.91 Å². The maximum absolute atomic E-state index is 12.2. The van der Waals surface area contributed by atoms with Gasteiger partial charge in [-0.15, -0.1) is 5.10 Å². The molecule has 132 valence electrons. The number of anilines is 1. The van der Waals surface area contributed by atoms with Crippen LogP contribution in [0.5, 0.6) is 0 Å². The van der Waals surface area contributed by atoms with Crippen LogP contribution in [0.4, 0.5) is 5.69 Å². The zero-order valence-electron chi connectivity index (χ0n) is 14.3. The van der Waals surface area contributed by atoms with Crippen molar-refractivity contribution in [3.05, 3.63) is 66.0 Å². The summed E-state index contributed by atoms with van der Waals surface area (Å²) in [6.45, 7) is 3.48. The Labute approximate surface area is 149 Å². The number of aryl methyl sites for hydroxylation is 1. The highest BCUT2D eigenvalue weighted by molar-refractivity contribution is 5.97. The van der Waals surface area contributed by atoms with Crippen molar-refractivity contribution in [1.82, 2.24) is 20.2 Å². The minimum Gasteiger partial charge on any atom is -0.449 e. The molecule has 0 aliphatic carbocycles. The van der Waals surface area contributed by atoms with E-state index in [1.807, 2.05) is 19.1 Å². The first-order valence-electron chi connectivity index (χ1n) is 7.95. The van der Waals surface area contributed by atoms with E-state index in [4.69, 9.17) is 4.74 Å². The topological polar surface area (TPSA) is 99.0 Å². The van der Waals surface area contributed by atoms with E-state index >= 15 is 0 Å². The normalized spacial score (nSPS) is 11.6. The van der Waals surface area contributed by atoms with Gasteiger partial charge in [0.15, 0.2) is 6.10 Å². The fourth-order valence-electron chi connectivity index (χ4n) is 2.19. The maximum Gasteiger partial charge on any atom is 0.338 e. The van der Waals surface area contributed by atoms with Crippen LogP contribution in [-0.2, 0) is 9.53 Å². The number of nitrogens with zero attached hydrogens (tertiary/aromatic N) is 4. The minimum absolute atomic E-state index is 0.330. The molecule has 1 N–H and O–H groups in total. The summed E-state index contributed by atoms with van der Waals surface area (Å²) in [4.78, 5) is 24.4. The Morgan fingerprint density at radius 3 is 2.38 bits per heavy atom. The molecular weight excluding hydrogens is 334 g/mol. The molecule has 0 saturated heterocycles. The van der Waals surface area contributed by atoms with Gasteiger partial charge < -0.3 is 10.1 Å². The predicted octanol–water partition coefficient (Wildman–Crippen LogP) is 2.15. The SMILES string of the molecule is Cc1ccc(NC(=O)C(C)OC(=O)c2ccc(-n3cnnn3)cc2)cc1. The Bertz CT molecular complexity index is 890. The van der Waals surface area contributed by atoms with Crippen molar-refractivity contribution in [3.8, 4) is 5.69 Å². The molecule has 2 aromatic carbocycles. The molecule has 0 radical (unpaired) electrons. The molecular formula is C18H17N5O3. The van der Waals surface area contributed by atoms with Crippen LogP contribution in [0, 0.1) is 6.92 Å². The zero-order chi connectivity index (χ0) is 18.5. The quantitative estimate of drug-likeness (QED) is 0.707. The smallest absolute Gasteiger partial charge is 0.338 e. The molecule has 3 aromatic rings. The summed E-state index contributed by atoms with van der Waals surface area (Å²) >= 11 is 0. The third-order valence-electron chi connectivity index (χ3n) is 3.69. The van der Waals surface area contributed by atoms with Gasteiger partial charge in [-0.1, -0.05) is 17.7 Å². The Balaban J connectivity index is 1.59. The first-order chi connectivity index (χ1) is 12.5.